The second-order valence-electron chi connectivity index (χ2n) is 2.66. The van der Waals surface area contributed by atoms with Gasteiger partial charge >= 0.3 is 0 Å². The van der Waals surface area contributed by atoms with E-state index >= 15 is 0 Å². The lowest BCUT2D eigenvalue weighted by Crippen LogP contribution is -2.39. The molecule has 1 amide bonds. The van der Waals surface area contributed by atoms with Crippen molar-refractivity contribution < 1.29 is 9.59 Å². The van der Waals surface area contributed by atoms with Crippen molar-refractivity contribution in [2.75, 3.05) is 7.05 Å². The predicted octanol–water partition coefficient (Wildman–Crippen LogP) is 0.832. The van der Waals surface area contributed by atoms with E-state index in [9.17, 15) is 9.59 Å². The molecule has 0 aliphatic rings. The zero-order valence-electron chi connectivity index (χ0n) is 7.55. The van der Waals surface area contributed by atoms with Crippen LogP contribution in [-0.4, -0.2) is 29.7 Å². The summed E-state index contributed by atoms with van der Waals surface area (Å²) in [7, 11) is 1.65. The second-order valence-corrected chi connectivity index (χ2v) is 2.66. The fraction of sp³-hybridized carbons (Fsp3) is 0.750. The average molecular weight is 157 g/mol. The number of hydrogen-bond acceptors (Lipinski definition) is 2. The summed E-state index contributed by atoms with van der Waals surface area (Å²) in [6.07, 6.45) is 0.686. The molecule has 0 saturated heterocycles. The Hall–Kier alpha value is -0.860. The molecule has 0 aliphatic carbocycles. The molecule has 11 heavy (non-hydrogen) atoms. The Morgan fingerprint density at radius 1 is 1.36 bits per heavy atom. The van der Waals surface area contributed by atoms with Gasteiger partial charge in [-0.3, -0.25) is 9.59 Å². The van der Waals surface area contributed by atoms with Gasteiger partial charge in [-0.2, -0.15) is 0 Å². The van der Waals surface area contributed by atoms with Crippen molar-refractivity contribution in [3.63, 3.8) is 0 Å². The van der Waals surface area contributed by atoms with Gasteiger partial charge in [0.25, 0.3) is 0 Å². The largest absolute Gasteiger partial charge is 0.336 e. The molecule has 0 rings (SSSR count). The van der Waals surface area contributed by atoms with Crippen LogP contribution in [0.2, 0.25) is 0 Å². The fourth-order valence-corrected chi connectivity index (χ4v) is 1.05. The maximum absolute atomic E-state index is 10.9. The molecule has 0 aromatic rings. The van der Waals surface area contributed by atoms with Gasteiger partial charge in [0.15, 0.2) is 5.78 Å². The third kappa shape index (κ3) is 2.70. The van der Waals surface area contributed by atoms with E-state index in [1.807, 2.05) is 6.92 Å². The molecule has 0 bridgehead atoms. The van der Waals surface area contributed by atoms with Crippen LogP contribution in [-0.2, 0) is 9.59 Å². The van der Waals surface area contributed by atoms with Gasteiger partial charge in [-0.25, -0.2) is 0 Å². The zero-order valence-corrected chi connectivity index (χ0v) is 7.55. The molecule has 3 heteroatoms. The number of hydrogen-bond donors (Lipinski definition) is 0. The van der Waals surface area contributed by atoms with Crippen molar-refractivity contribution in [1.82, 2.24) is 4.90 Å². The molecule has 0 radical (unpaired) electrons. The minimum Gasteiger partial charge on any atom is -0.336 e. The lowest BCUT2D eigenvalue weighted by Gasteiger charge is -2.23. The van der Waals surface area contributed by atoms with E-state index in [-0.39, 0.29) is 17.7 Å². The summed E-state index contributed by atoms with van der Waals surface area (Å²) in [6, 6.07) is -0.243. The summed E-state index contributed by atoms with van der Waals surface area (Å²) in [5.74, 6) is -0.0164. The first-order valence-electron chi connectivity index (χ1n) is 3.74. The molecule has 1 atom stereocenters. The van der Waals surface area contributed by atoms with Gasteiger partial charge in [0, 0.05) is 14.0 Å². The van der Waals surface area contributed by atoms with Crippen LogP contribution in [0.3, 0.4) is 0 Å². The van der Waals surface area contributed by atoms with E-state index in [0.717, 1.165) is 0 Å². The van der Waals surface area contributed by atoms with Crippen LogP contribution in [0.15, 0.2) is 0 Å². The quantitative estimate of drug-likeness (QED) is 0.608. The van der Waals surface area contributed by atoms with Crippen LogP contribution < -0.4 is 0 Å². The number of Topliss-reactive ketones (excluding diaryl/α,β-unsaturated/α-hetero) is 1. The molecule has 64 valence electrons. The summed E-state index contributed by atoms with van der Waals surface area (Å²) in [5, 5.41) is 0. The minimum atomic E-state index is -0.243. The molecule has 0 spiro atoms. The van der Waals surface area contributed by atoms with Gasteiger partial charge in [0.1, 0.15) is 0 Å². The van der Waals surface area contributed by atoms with Gasteiger partial charge in [-0.15, -0.1) is 0 Å². The number of ketones is 1. The van der Waals surface area contributed by atoms with Crippen molar-refractivity contribution in [2.24, 2.45) is 0 Å². The van der Waals surface area contributed by atoms with Gasteiger partial charge in [-0.1, -0.05) is 6.92 Å². The lowest BCUT2D eigenvalue weighted by molar-refractivity contribution is -0.135. The summed E-state index contributed by atoms with van der Waals surface area (Å²) in [5.41, 5.74) is 0. The summed E-state index contributed by atoms with van der Waals surface area (Å²) in [6.45, 7) is 4.87. The average Bonchev–Trinajstić information content (AvgIpc) is 1.88. The number of likely N-dealkylation sites (N-methyl/N-ethyl adjacent to an activating group) is 1. The Kier molecular flexibility index (Phi) is 3.79. The highest BCUT2D eigenvalue weighted by Gasteiger charge is 2.18. The van der Waals surface area contributed by atoms with Gasteiger partial charge in [-0.05, 0) is 13.3 Å². The number of carbonyl (C=O) groups excluding carboxylic acids is 2. The first-order valence-corrected chi connectivity index (χ1v) is 3.74. The smallest absolute Gasteiger partial charge is 0.219 e. The third-order valence-corrected chi connectivity index (χ3v) is 1.82. The maximum Gasteiger partial charge on any atom is 0.219 e. The lowest BCUT2D eigenvalue weighted by atomic mass is 10.1. The Balaban J connectivity index is 4.25. The van der Waals surface area contributed by atoms with Crippen molar-refractivity contribution >= 4 is 11.7 Å². The summed E-state index contributed by atoms with van der Waals surface area (Å²) < 4.78 is 0. The molecule has 3 nitrogen and oxygen atoms in total. The molecule has 0 aromatic carbocycles. The maximum atomic E-state index is 10.9. The van der Waals surface area contributed by atoms with E-state index in [1.165, 1.54) is 18.7 Å². The van der Waals surface area contributed by atoms with Crippen molar-refractivity contribution in [2.45, 2.75) is 33.2 Å². The SMILES string of the molecule is CCC(C(C)=O)N(C)C(C)=O. The van der Waals surface area contributed by atoms with Crippen molar-refractivity contribution in [3.8, 4) is 0 Å². The molecule has 0 heterocycles. The minimum absolute atomic E-state index is 0.0465. The topological polar surface area (TPSA) is 37.4 Å². The number of carbonyl (C=O) groups is 2. The molecule has 0 fully saturated rings. The monoisotopic (exact) mass is 157 g/mol. The highest BCUT2D eigenvalue weighted by atomic mass is 16.2. The Bertz CT molecular complexity index is 165. The van der Waals surface area contributed by atoms with Crippen molar-refractivity contribution in [3.05, 3.63) is 0 Å². The Morgan fingerprint density at radius 2 is 1.82 bits per heavy atom. The molecule has 0 aliphatic heterocycles. The van der Waals surface area contributed by atoms with E-state index in [0.29, 0.717) is 6.42 Å². The molecular formula is C8H15NO2. The van der Waals surface area contributed by atoms with E-state index in [1.54, 1.807) is 7.05 Å². The van der Waals surface area contributed by atoms with Crippen LogP contribution in [0.1, 0.15) is 27.2 Å². The van der Waals surface area contributed by atoms with Crippen LogP contribution in [0.25, 0.3) is 0 Å². The highest BCUT2D eigenvalue weighted by Crippen LogP contribution is 2.02. The van der Waals surface area contributed by atoms with Gasteiger partial charge in [0.2, 0.25) is 5.91 Å². The summed E-state index contributed by atoms with van der Waals surface area (Å²) >= 11 is 0. The predicted molar refractivity (Wildman–Crippen MR) is 43.2 cm³/mol. The van der Waals surface area contributed by atoms with Gasteiger partial charge in [0.05, 0.1) is 6.04 Å². The van der Waals surface area contributed by atoms with E-state index in [2.05, 4.69) is 0 Å². The van der Waals surface area contributed by atoms with Crippen LogP contribution in [0, 0.1) is 0 Å². The first-order chi connectivity index (χ1) is 5.00. The van der Waals surface area contributed by atoms with E-state index in [4.69, 9.17) is 0 Å². The molecule has 0 saturated carbocycles. The number of nitrogens with zero attached hydrogens (tertiary/aromatic N) is 1. The molecule has 0 N–H and O–H groups in total. The first kappa shape index (κ1) is 10.1. The number of rotatable bonds is 3. The zero-order chi connectivity index (χ0) is 9.02. The van der Waals surface area contributed by atoms with Crippen LogP contribution >= 0.6 is 0 Å². The standard InChI is InChI=1S/C8H15NO2/c1-5-8(6(2)10)9(4)7(3)11/h8H,5H2,1-4H3. The van der Waals surface area contributed by atoms with Gasteiger partial charge < -0.3 is 4.90 Å². The van der Waals surface area contributed by atoms with Crippen LogP contribution in [0.5, 0.6) is 0 Å². The molecule has 0 aromatic heterocycles. The Labute approximate surface area is 67.4 Å². The van der Waals surface area contributed by atoms with Crippen molar-refractivity contribution in [1.29, 1.82) is 0 Å². The van der Waals surface area contributed by atoms with Crippen LogP contribution in [0.4, 0.5) is 0 Å². The number of amides is 1. The molecule has 1 unspecified atom stereocenters. The highest BCUT2D eigenvalue weighted by molar-refractivity contribution is 5.86. The molecular weight excluding hydrogens is 142 g/mol. The Morgan fingerprint density at radius 3 is 1.91 bits per heavy atom. The second kappa shape index (κ2) is 4.11. The summed E-state index contributed by atoms with van der Waals surface area (Å²) in [4.78, 5) is 23.2. The van der Waals surface area contributed by atoms with E-state index < -0.39 is 0 Å². The third-order valence-electron chi connectivity index (χ3n) is 1.82. The normalized spacial score (nSPS) is 12.4. The fourth-order valence-electron chi connectivity index (χ4n) is 1.05.